The first-order chi connectivity index (χ1) is 22.6. The molecular weight excluding hydrogens is 600 g/mol. The van der Waals surface area contributed by atoms with E-state index in [9.17, 15) is 9.59 Å². The predicted molar refractivity (Wildman–Crippen MR) is 175 cm³/mol. The van der Waals surface area contributed by atoms with Gasteiger partial charge in [-0.15, -0.1) is 11.3 Å². The highest BCUT2D eigenvalue weighted by Crippen LogP contribution is 2.50. The van der Waals surface area contributed by atoms with Gasteiger partial charge in [-0.2, -0.15) is 5.16 Å². The minimum absolute atomic E-state index is 0.0131. The first-order valence-corrected chi connectivity index (χ1v) is 17.2. The van der Waals surface area contributed by atoms with Gasteiger partial charge in [0, 0.05) is 48.3 Å². The molecule has 0 saturated carbocycles. The van der Waals surface area contributed by atoms with Crippen molar-refractivity contribution in [2.45, 2.75) is 63.5 Å². The van der Waals surface area contributed by atoms with E-state index < -0.39 is 0 Å². The number of aromatic amines is 1. The van der Waals surface area contributed by atoms with Gasteiger partial charge in [-0.25, -0.2) is 4.98 Å². The van der Waals surface area contributed by atoms with Crippen molar-refractivity contribution < 1.29 is 14.1 Å². The summed E-state index contributed by atoms with van der Waals surface area (Å²) in [5.74, 6) is 1.80. The Labute approximate surface area is 269 Å². The van der Waals surface area contributed by atoms with Crippen LogP contribution in [0.15, 0.2) is 52.0 Å². The van der Waals surface area contributed by atoms with E-state index in [1.807, 2.05) is 29.4 Å². The molecule has 0 bridgehead atoms. The summed E-state index contributed by atoms with van der Waals surface area (Å²) in [6, 6.07) is 9.91. The second-order valence-corrected chi connectivity index (χ2v) is 13.9. The number of thiophene rings is 1. The molecule has 10 nitrogen and oxygen atoms in total. The van der Waals surface area contributed by atoms with E-state index in [-0.39, 0.29) is 23.6 Å². The van der Waals surface area contributed by atoms with Crippen molar-refractivity contribution in [1.29, 1.82) is 0 Å². The van der Waals surface area contributed by atoms with E-state index >= 15 is 0 Å². The van der Waals surface area contributed by atoms with Crippen LogP contribution in [0.25, 0.3) is 31.9 Å². The SMILES string of the molecule is O=C1c2c(nc(CCC3CCOCC3)c(-c3cc(=O)[nH]o3)c2-c2cc3ccnc(N[C@H]4CCc5ncccc54)c3s2)[C@@H]2CCCN12. The minimum atomic E-state index is -0.317. The lowest BCUT2D eigenvalue weighted by atomic mass is 9.89. The Hall–Kier alpha value is -4.35. The molecule has 5 aromatic heterocycles. The summed E-state index contributed by atoms with van der Waals surface area (Å²) in [4.78, 5) is 44.1. The molecule has 4 aliphatic rings. The van der Waals surface area contributed by atoms with E-state index in [4.69, 9.17) is 19.2 Å². The van der Waals surface area contributed by atoms with Gasteiger partial charge in [-0.05, 0) is 86.4 Å². The molecule has 3 aliphatic heterocycles. The van der Waals surface area contributed by atoms with Gasteiger partial charge in [0.15, 0.2) is 5.76 Å². The highest BCUT2D eigenvalue weighted by molar-refractivity contribution is 7.23. The maximum Gasteiger partial charge on any atom is 0.280 e. The van der Waals surface area contributed by atoms with E-state index in [0.29, 0.717) is 17.2 Å². The van der Waals surface area contributed by atoms with Crippen molar-refractivity contribution in [3.63, 3.8) is 0 Å². The van der Waals surface area contributed by atoms with Crippen molar-refractivity contribution in [3.8, 4) is 21.8 Å². The third-order valence-corrected chi connectivity index (χ3v) is 11.4. The van der Waals surface area contributed by atoms with Gasteiger partial charge >= 0.3 is 0 Å². The number of pyridine rings is 3. The normalized spacial score (nSPS) is 20.8. The minimum Gasteiger partial charge on any atom is -0.381 e. The number of ether oxygens (including phenoxy) is 1. The fraction of sp³-hybridized carbons (Fsp3) is 0.400. The number of hydrogen-bond acceptors (Lipinski definition) is 9. The molecule has 0 radical (unpaired) electrons. The second kappa shape index (κ2) is 11.2. The van der Waals surface area contributed by atoms with E-state index in [1.54, 1.807) is 11.3 Å². The van der Waals surface area contributed by atoms with Crippen LogP contribution in [-0.4, -0.2) is 50.7 Å². The number of H-pyrrole nitrogens is 1. The Morgan fingerprint density at radius 3 is 2.80 bits per heavy atom. The van der Waals surface area contributed by atoms with Crippen molar-refractivity contribution in [2.75, 3.05) is 25.1 Å². The van der Waals surface area contributed by atoms with Gasteiger partial charge in [0.25, 0.3) is 11.5 Å². The van der Waals surface area contributed by atoms with Gasteiger partial charge in [0.2, 0.25) is 0 Å². The smallest absolute Gasteiger partial charge is 0.280 e. The van der Waals surface area contributed by atoms with Crippen LogP contribution < -0.4 is 10.9 Å². The second-order valence-electron chi connectivity index (χ2n) is 12.9. The Kier molecular flexibility index (Phi) is 6.78. The van der Waals surface area contributed by atoms with Crippen LogP contribution in [0.2, 0.25) is 0 Å². The van der Waals surface area contributed by atoms with Crippen molar-refractivity contribution in [3.05, 3.63) is 81.3 Å². The molecule has 5 aromatic rings. The quantitative estimate of drug-likeness (QED) is 0.209. The Bertz CT molecular complexity index is 2040. The maximum atomic E-state index is 14.2. The monoisotopic (exact) mass is 634 g/mol. The van der Waals surface area contributed by atoms with Crippen molar-refractivity contribution in [2.24, 2.45) is 5.92 Å². The highest BCUT2D eigenvalue weighted by Gasteiger charge is 2.44. The molecule has 0 unspecified atom stereocenters. The molecule has 0 spiro atoms. The number of nitrogens with one attached hydrogen (secondary N) is 2. The molecule has 234 valence electrons. The van der Waals surface area contributed by atoms with Gasteiger partial charge < -0.3 is 19.5 Å². The molecule has 2 atom stereocenters. The molecule has 9 rings (SSSR count). The fourth-order valence-corrected chi connectivity index (χ4v) is 9.11. The number of rotatable bonds is 7. The molecule has 46 heavy (non-hydrogen) atoms. The van der Waals surface area contributed by atoms with Crippen LogP contribution in [0.1, 0.15) is 83.6 Å². The molecule has 0 aromatic carbocycles. The van der Waals surface area contributed by atoms with Crippen molar-refractivity contribution >= 4 is 33.1 Å². The van der Waals surface area contributed by atoms with Gasteiger partial charge in [0.05, 0.1) is 45.4 Å². The molecule has 11 heteroatoms. The predicted octanol–water partition coefficient (Wildman–Crippen LogP) is 6.45. The average molecular weight is 635 g/mol. The average Bonchev–Trinajstić information content (AvgIpc) is 3.92. The largest absolute Gasteiger partial charge is 0.381 e. The van der Waals surface area contributed by atoms with Crippen LogP contribution in [0.4, 0.5) is 5.82 Å². The third kappa shape index (κ3) is 4.59. The summed E-state index contributed by atoms with van der Waals surface area (Å²) in [5, 5.41) is 7.25. The van der Waals surface area contributed by atoms with E-state index in [1.165, 1.54) is 11.6 Å². The van der Waals surface area contributed by atoms with Crippen LogP contribution in [-0.2, 0) is 17.6 Å². The van der Waals surface area contributed by atoms with Crippen LogP contribution in [0, 0.1) is 5.92 Å². The zero-order valence-corrected chi connectivity index (χ0v) is 26.2. The Balaban J connectivity index is 1.21. The lowest BCUT2D eigenvalue weighted by Crippen LogP contribution is -2.22. The summed E-state index contributed by atoms with van der Waals surface area (Å²) in [5.41, 5.74) is 5.98. The number of aryl methyl sites for hydroxylation is 2. The lowest BCUT2D eigenvalue weighted by molar-refractivity contribution is 0.0639. The standard InChI is InChI=1S/C35H34N6O4S/c42-28-18-26(45-40-28)29-24(6-5-19-10-15-44-16-11-19)38-32-25-4-2-14-41(25)35(43)31(32)30(29)27-17-20-9-13-37-34(33(20)46-27)39-23-8-7-22-21(23)3-1-12-36-22/h1,3,9,12-13,17-19,23,25H,2,4-8,10-11,14-16H2,(H,37,39)(H,40,42)/t23-,25-/m0/s1. The summed E-state index contributed by atoms with van der Waals surface area (Å²) in [7, 11) is 0. The number of carbonyl (C=O) groups excluding carboxylic acids is 1. The zero-order chi connectivity index (χ0) is 30.8. The lowest BCUT2D eigenvalue weighted by Gasteiger charge is -2.23. The fourth-order valence-electron chi connectivity index (χ4n) is 7.94. The number of aromatic nitrogens is 4. The summed E-state index contributed by atoms with van der Waals surface area (Å²) < 4.78 is 12.4. The number of amides is 1. The third-order valence-electron chi connectivity index (χ3n) is 10.2. The highest BCUT2D eigenvalue weighted by atomic mass is 32.1. The number of anilines is 1. The van der Waals surface area contributed by atoms with Gasteiger partial charge in [-0.3, -0.25) is 19.6 Å². The molecular formula is C35H34N6O4S. The number of carbonyl (C=O) groups is 1. The van der Waals surface area contributed by atoms with Gasteiger partial charge in [0.1, 0.15) is 5.82 Å². The molecule has 1 aliphatic carbocycles. The summed E-state index contributed by atoms with van der Waals surface area (Å²) in [6.45, 7) is 2.30. The molecule has 1 amide bonds. The van der Waals surface area contributed by atoms with Crippen molar-refractivity contribution in [1.82, 2.24) is 25.0 Å². The first-order valence-electron chi connectivity index (χ1n) is 16.4. The van der Waals surface area contributed by atoms with E-state index in [2.05, 4.69) is 27.6 Å². The topological polar surface area (TPSA) is 126 Å². The number of nitrogens with zero attached hydrogens (tertiary/aromatic N) is 4. The number of hydrogen-bond donors (Lipinski definition) is 2. The molecule has 8 heterocycles. The van der Waals surface area contributed by atoms with Gasteiger partial charge in [-0.1, -0.05) is 6.07 Å². The Morgan fingerprint density at radius 1 is 1.02 bits per heavy atom. The van der Waals surface area contributed by atoms with Crippen LogP contribution in [0.5, 0.6) is 0 Å². The van der Waals surface area contributed by atoms with Crippen LogP contribution in [0.3, 0.4) is 0 Å². The summed E-state index contributed by atoms with van der Waals surface area (Å²) in [6.07, 6.45) is 11.2. The Morgan fingerprint density at radius 2 is 1.93 bits per heavy atom. The zero-order valence-electron chi connectivity index (χ0n) is 25.4. The van der Waals surface area contributed by atoms with E-state index in [0.717, 1.165) is 120 Å². The first kappa shape index (κ1) is 27.9. The maximum absolute atomic E-state index is 14.2. The summed E-state index contributed by atoms with van der Waals surface area (Å²) >= 11 is 1.62. The molecule has 2 fully saturated rings. The molecule has 2 saturated heterocycles. The number of fused-ring (bicyclic) bond motifs is 5. The molecule has 2 N–H and O–H groups in total. The van der Waals surface area contributed by atoms with Crippen LogP contribution >= 0.6 is 11.3 Å².